The van der Waals surface area contributed by atoms with Crippen LogP contribution >= 0.6 is 11.8 Å². The second-order valence-electron chi connectivity index (χ2n) is 5.75. The van der Waals surface area contributed by atoms with Crippen LogP contribution in [0.4, 0.5) is 4.79 Å². The van der Waals surface area contributed by atoms with E-state index in [-0.39, 0.29) is 24.5 Å². The zero-order chi connectivity index (χ0) is 16.7. The second kappa shape index (κ2) is 8.82. The molecule has 1 saturated heterocycles. The molecular formula is C17H23NO4S. The Morgan fingerprint density at radius 2 is 2.13 bits per heavy atom. The molecule has 0 radical (unpaired) electrons. The van der Waals surface area contributed by atoms with Crippen LogP contribution in [-0.4, -0.2) is 46.7 Å². The van der Waals surface area contributed by atoms with E-state index in [1.54, 1.807) is 11.8 Å². The molecule has 0 saturated carbocycles. The van der Waals surface area contributed by atoms with E-state index >= 15 is 0 Å². The number of likely N-dealkylation sites (tertiary alicyclic amines) is 1. The van der Waals surface area contributed by atoms with E-state index < -0.39 is 6.09 Å². The fraction of sp³-hybridized carbons (Fsp3) is 0.529. The summed E-state index contributed by atoms with van der Waals surface area (Å²) in [6.07, 6.45) is 3.28. The van der Waals surface area contributed by atoms with Gasteiger partial charge in [0.05, 0.1) is 5.92 Å². The molecule has 1 aliphatic heterocycles. The van der Waals surface area contributed by atoms with E-state index in [1.807, 2.05) is 36.6 Å². The van der Waals surface area contributed by atoms with Crippen LogP contribution in [0.3, 0.4) is 0 Å². The molecule has 1 amide bonds. The number of nitrogens with zero attached hydrogens (tertiary/aromatic N) is 1. The van der Waals surface area contributed by atoms with E-state index in [4.69, 9.17) is 4.74 Å². The van der Waals surface area contributed by atoms with Crippen molar-refractivity contribution >= 4 is 23.8 Å². The molecule has 5 nitrogen and oxygen atoms in total. The van der Waals surface area contributed by atoms with Crippen LogP contribution in [0, 0.1) is 5.92 Å². The summed E-state index contributed by atoms with van der Waals surface area (Å²) < 4.78 is 5.43. The Bertz CT molecular complexity index is 523. The number of hydrogen-bond acceptors (Lipinski definition) is 4. The summed E-state index contributed by atoms with van der Waals surface area (Å²) >= 11 is 1.59. The Labute approximate surface area is 141 Å². The Balaban J connectivity index is 1.91. The lowest BCUT2D eigenvalue weighted by molar-refractivity contribution is -0.149. The van der Waals surface area contributed by atoms with Crippen LogP contribution in [0.1, 0.15) is 24.8 Å². The third kappa shape index (κ3) is 5.16. The highest BCUT2D eigenvalue weighted by atomic mass is 32.2. The molecule has 1 heterocycles. The van der Waals surface area contributed by atoms with Crippen molar-refractivity contribution in [2.24, 2.45) is 5.92 Å². The van der Waals surface area contributed by atoms with Gasteiger partial charge in [-0.1, -0.05) is 30.3 Å². The maximum absolute atomic E-state index is 12.4. The number of ether oxygens (including phenoxy) is 1. The first-order valence-corrected chi connectivity index (χ1v) is 9.20. The molecule has 1 aromatic rings. The van der Waals surface area contributed by atoms with E-state index in [0.717, 1.165) is 18.4 Å². The van der Waals surface area contributed by atoms with Gasteiger partial charge in [-0.05, 0) is 31.1 Å². The lowest BCUT2D eigenvalue weighted by atomic mass is 10.00. The van der Waals surface area contributed by atoms with Crippen LogP contribution in [0.15, 0.2) is 30.3 Å². The van der Waals surface area contributed by atoms with Gasteiger partial charge in [-0.15, -0.1) is 0 Å². The van der Waals surface area contributed by atoms with E-state index in [9.17, 15) is 14.7 Å². The third-order valence-electron chi connectivity index (χ3n) is 4.10. The maximum atomic E-state index is 12.4. The predicted molar refractivity (Wildman–Crippen MR) is 90.5 cm³/mol. The van der Waals surface area contributed by atoms with Crippen molar-refractivity contribution in [1.29, 1.82) is 0 Å². The van der Waals surface area contributed by atoms with Crippen molar-refractivity contribution in [3.63, 3.8) is 0 Å². The fourth-order valence-electron chi connectivity index (χ4n) is 2.94. The average Bonchev–Trinajstić information content (AvgIpc) is 3.01. The van der Waals surface area contributed by atoms with E-state index in [2.05, 4.69) is 0 Å². The minimum absolute atomic E-state index is 0.0751. The highest BCUT2D eigenvalue weighted by Gasteiger charge is 2.33. The van der Waals surface area contributed by atoms with Crippen molar-refractivity contribution < 1.29 is 19.4 Å². The minimum Gasteiger partial charge on any atom is -0.465 e. The molecule has 126 valence electrons. The van der Waals surface area contributed by atoms with Gasteiger partial charge in [0.2, 0.25) is 0 Å². The van der Waals surface area contributed by atoms with Crippen LogP contribution in [0.5, 0.6) is 0 Å². The molecule has 1 unspecified atom stereocenters. The molecular weight excluding hydrogens is 314 g/mol. The van der Waals surface area contributed by atoms with Gasteiger partial charge in [0.1, 0.15) is 6.61 Å². The van der Waals surface area contributed by atoms with Gasteiger partial charge >= 0.3 is 12.1 Å². The zero-order valence-corrected chi connectivity index (χ0v) is 14.1. The van der Waals surface area contributed by atoms with Crippen LogP contribution < -0.4 is 0 Å². The minimum atomic E-state index is -0.895. The smallest absolute Gasteiger partial charge is 0.407 e. The first-order chi connectivity index (χ1) is 11.1. The van der Waals surface area contributed by atoms with E-state index in [1.165, 1.54) is 4.90 Å². The number of thioether (sulfide) groups is 1. The number of hydrogen-bond donors (Lipinski definition) is 1. The Morgan fingerprint density at radius 3 is 2.78 bits per heavy atom. The summed E-state index contributed by atoms with van der Waals surface area (Å²) in [5.41, 5.74) is 0.955. The van der Waals surface area contributed by atoms with Gasteiger partial charge < -0.3 is 14.7 Å². The summed E-state index contributed by atoms with van der Waals surface area (Å²) in [5.74, 6) is 0.150. The van der Waals surface area contributed by atoms with Gasteiger partial charge in [-0.2, -0.15) is 11.8 Å². The number of carboxylic acid groups (broad SMARTS) is 1. The zero-order valence-electron chi connectivity index (χ0n) is 13.3. The predicted octanol–water partition coefficient (Wildman–Crippen LogP) is 3.24. The second-order valence-corrected chi connectivity index (χ2v) is 6.66. The number of carbonyl (C=O) groups is 2. The van der Waals surface area contributed by atoms with Gasteiger partial charge in [0.25, 0.3) is 0 Å². The summed E-state index contributed by atoms with van der Waals surface area (Å²) in [4.78, 5) is 25.1. The number of carbonyl (C=O) groups excluding carboxylic acids is 1. The first-order valence-electron chi connectivity index (χ1n) is 7.81. The number of rotatable bonds is 7. The third-order valence-corrected chi connectivity index (χ3v) is 4.84. The van der Waals surface area contributed by atoms with Gasteiger partial charge in [0, 0.05) is 18.3 Å². The van der Waals surface area contributed by atoms with Crippen molar-refractivity contribution in [3.05, 3.63) is 35.9 Å². The summed E-state index contributed by atoms with van der Waals surface area (Å²) in [6.45, 7) is 0.822. The molecule has 2 rings (SSSR count). The summed E-state index contributed by atoms with van der Waals surface area (Å²) in [6, 6.07) is 9.49. The topological polar surface area (TPSA) is 66.8 Å². The normalized spacial score (nSPS) is 18.7. The Hall–Kier alpha value is -1.69. The monoisotopic (exact) mass is 337 g/mol. The highest BCUT2D eigenvalue weighted by Crippen LogP contribution is 2.26. The summed E-state index contributed by atoms with van der Waals surface area (Å²) in [5, 5.41) is 9.22. The van der Waals surface area contributed by atoms with Crippen LogP contribution in [0.25, 0.3) is 0 Å². The van der Waals surface area contributed by atoms with Gasteiger partial charge in [-0.3, -0.25) is 4.79 Å². The van der Waals surface area contributed by atoms with Crippen molar-refractivity contribution in [2.45, 2.75) is 31.9 Å². The standard InChI is InChI=1S/C17H23NO4S/c1-23-12-14(10-15-8-5-9-18(15)17(20)21)16(19)22-11-13-6-3-2-4-7-13/h2-4,6-7,14-15H,5,8-12H2,1H3,(H,20,21)/t14?,15-/m0/s1. The molecule has 0 aliphatic carbocycles. The lowest BCUT2D eigenvalue weighted by Gasteiger charge is -2.25. The number of esters is 1. The SMILES string of the molecule is CSCC(C[C@@H]1CCCN1C(=O)O)C(=O)OCc1ccccc1. The van der Waals surface area contributed by atoms with Crippen LogP contribution in [-0.2, 0) is 16.1 Å². The van der Waals surface area contributed by atoms with Crippen molar-refractivity contribution in [1.82, 2.24) is 4.90 Å². The molecule has 0 aromatic heterocycles. The molecule has 1 fully saturated rings. The lowest BCUT2D eigenvalue weighted by Crippen LogP contribution is -2.37. The maximum Gasteiger partial charge on any atom is 0.407 e. The van der Waals surface area contributed by atoms with Gasteiger partial charge in [-0.25, -0.2) is 4.79 Å². The first kappa shape index (κ1) is 17.7. The molecule has 6 heteroatoms. The van der Waals surface area contributed by atoms with Crippen molar-refractivity contribution in [3.8, 4) is 0 Å². The fourth-order valence-corrected chi connectivity index (χ4v) is 3.62. The Kier molecular flexibility index (Phi) is 6.77. The molecule has 1 aliphatic rings. The number of amides is 1. The van der Waals surface area contributed by atoms with Gasteiger partial charge in [0.15, 0.2) is 0 Å². The highest BCUT2D eigenvalue weighted by molar-refractivity contribution is 7.98. The van der Waals surface area contributed by atoms with Crippen molar-refractivity contribution in [2.75, 3.05) is 18.6 Å². The molecule has 1 aromatic carbocycles. The van der Waals surface area contributed by atoms with E-state index in [0.29, 0.717) is 18.7 Å². The quantitative estimate of drug-likeness (QED) is 0.774. The molecule has 0 bridgehead atoms. The molecule has 23 heavy (non-hydrogen) atoms. The Morgan fingerprint density at radius 1 is 1.39 bits per heavy atom. The summed E-state index contributed by atoms with van der Waals surface area (Å²) in [7, 11) is 0. The molecule has 0 spiro atoms. The van der Waals surface area contributed by atoms with Crippen LogP contribution in [0.2, 0.25) is 0 Å². The molecule has 1 N–H and O–H groups in total. The number of benzene rings is 1. The average molecular weight is 337 g/mol. The molecule has 2 atom stereocenters. The largest absolute Gasteiger partial charge is 0.465 e.